The maximum atomic E-state index is 13.2. The molecule has 0 atom stereocenters. The van der Waals surface area contributed by atoms with Crippen LogP contribution in [0.25, 0.3) is 10.1 Å². The molecule has 0 spiro atoms. The van der Waals surface area contributed by atoms with E-state index >= 15 is 0 Å². The summed E-state index contributed by atoms with van der Waals surface area (Å²) in [7, 11) is -0.385. The lowest BCUT2D eigenvalue weighted by molar-refractivity contribution is 0.00578. The summed E-state index contributed by atoms with van der Waals surface area (Å²) >= 11 is 1.52. The molecular weight excluding hydrogens is 262 g/mol. The third-order valence-electron chi connectivity index (χ3n) is 4.07. The molecule has 1 aromatic carbocycles. The molecule has 1 fully saturated rings. The smallest absolute Gasteiger partial charge is 0.399 e. The van der Waals surface area contributed by atoms with Gasteiger partial charge in [0.1, 0.15) is 5.82 Å². The number of halogens is 1. The van der Waals surface area contributed by atoms with E-state index in [1.165, 1.54) is 17.4 Å². The minimum absolute atomic E-state index is 0.213. The van der Waals surface area contributed by atoms with Crippen LogP contribution in [-0.4, -0.2) is 18.3 Å². The Kier molecular flexibility index (Phi) is 2.79. The topological polar surface area (TPSA) is 18.5 Å². The van der Waals surface area contributed by atoms with Gasteiger partial charge in [-0.3, -0.25) is 0 Å². The number of benzene rings is 1. The van der Waals surface area contributed by atoms with Crippen LogP contribution in [0.2, 0.25) is 0 Å². The lowest BCUT2D eigenvalue weighted by Gasteiger charge is -2.32. The number of rotatable bonds is 1. The van der Waals surface area contributed by atoms with E-state index in [0.29, 0.717) is 0 Å². The van der Waals surface area contributed by atoms with Crippen LogP contribution < -0.4 is 5.46 Å². The lowest BCUT2D eigenvalue weighted by Crippen LogP contribution is -2.41. The Bertz CT molecular complexity index is 619. The van der Waals surface area contributed by atoms with Crippen LogP contribution in [0.4, 0.5) is 4.39 Å². The Morgan fingerprint density at radius 1 is 1.11 bits per heavy atom. The van der Waals surface area contributed by atoms with Gasteiger partial charge in [-0.2, -0.15) is 0 Å². The van der Waals surface area contributed by atoms with Crippen LogP contribution in [0, 0.1) is 5.82 Å². The molecule has 5 heteroatoms. The van der Waals surface area contributed by atoms with Gasteiger partial charge in [0, 0.05) is 10.2 Å². The molecule has 2 nitrogen and oxygen atoms in total. The van der Waals surface area contributed by atoms with E-state index < -0.39 is 0 Å². The first-order valence-corrected chi connectivity index (χ1v) is 7.20. The first-order chi connectivity index (χ1) is 8.80. The van der Waals surface area contributed by atoms with Crippen molar-refractivity contribution in [2.45, 2.75) is 38.9 Å². The second kappa shape index (κ2) is 4.04. The number of hydrogen-bond donors (Lipinski definition) is 0. The minimum Gasteiger partial charge on any atom is -0.399 e. The summed E-state index contributed by atoms with van der Waals surface area (Å²) in [5, 5.41) is 3.00. The van der Waals surface area contributed by atoms with Crippen molar-refractivity contribution in [1.29, 1.82) is 0 Å². The summed E-state index contributed by atoms with van der Waals surface area (Å²) in [5.41, 5.74) is 0.274. The predicted molar refractivity (Wildman–Crippen MR) is 77.5 cm³/mol. The van der Waals surface area contributed by atoms with Crippen LogP contribution >= 0.6 is 11.3 Å². The summed E-state index contributed by atoms with van der Waals surface area (Å²) < 4.78 is 26.2. The van der Waals surface area contributed by atoms with Gasteiger partial charge >= 0.3 is 7.12 Å². The van der Waals surface area contributed by atoms with Gasteiger partial charge in [-0.1, -0.05) is 6.07 Å². The zero-order valence-electron chi connectivity index (χ0n) is 11.5. The molecule has 0 amide bonds. The molecule has 100 valence electrons. The SMILES string of the molecule is CC1(C)OB(c2csc3cc(F)ccc23)OC1(C)C. The van der Waals surface area contributed by atoms with E-state index in [-0.39, 0.29) is 24.1 Å². The van der Waals surface area contributed by atoms with Crippen molar-refractivity contribution in [3.63, 3.8) is 0 Å². The fraction of sp³-hybridized carbons (Fsp3) is 0.429. The molecule has 1 aromatic heterocycles. The second-order valence-electron chi connectivity index (χ2n) is 5.92. The van der Waals surface area contributed by atoms with E-state index in [4.69, 9.17) is 9.31 Å². The minimum atomic E-state index is -0.385. The zero-order chi connectivity index (χ0) is 13.8. The molecule has 1 aliphatic rings. The third-order valence-corrected chi connectivity index (χ3v) is 5.04. The summed E-state index contributed by atoms with van der Waals surface area (Å²) in [6, 6.07) is 4.82. The number of hydrogen-bond acceptors (Lipinski definition) is 3. The van der Waals surface area contributed by atoms with Gasteiger partial charge in [0.2, 0.25) is 0 Å². The van der Waals surface area contributed by atoms with Crippen molar-refractivity contribution < 1.29 is 13.7 Å². The normalized spacial score (nSPS) is 21.2. The molecular formula is C14H16BFO2S. The van der Waals surface area contributed by atoms with Crippen molar-refractivity contribution in [2.24, 2.45) is 0 Å². The third kappa shape index (κ3) is 2.00. The highest BCUT2D eigenvalue weighted by Crippen LogP contribution is 2.37. The van der Waals surface area contributed by atoms with Crippen LogP contribution in [-0.2, 0) is 9.31 Å². The van der Waals surface area contributed by atoms with Crippen LogP contribution in [0.15, 0.2) is 23.6 Å². The van der Waals surface area contributed by atoms with Crippen LogP contribution in [0.1, 0.15) is 27.7 Å². The Morgan fingerprint density at radius 3 is 2.37 bits per heavy atom. The van der Waals surface area contributed by atoms with Crippen molar-refractivity contribution >= 4 is 34.0 Å². The lowest BCUT2D eigenvalue weighted by atomic mass is 9.79. The van der Waals surface area contributed by atoms with E-state index in [9.17, 15) is 4.39 Å². The van der Waals surface area contributed by atoms with Gasteiger partial charge in [0.15, 0.2) is 0 Å². The highest BCUT2D eigenvalue weighted by Gasteiger charge is 2.52. The van der Waals surface area contributed by atoms with Gasteiger partial charge in [0.05, 0.1) is 11.2 Å². The summed E-state index contributed by atoms with van der Waals surface area (Å²) in [6.07, 6.45) is 0. The quantitative estimate of drug-likeness (QED) is 0.745. The molecule has 0 radical (unpaired) electrons. The summed E-state index contributed by atoms with van der Waals surface area (Å²) in [5.74, 6) is -0.213. The second-order valence-corrected chi connectivity index (χ2v) is 6.83. The van der Waals surface area contributed by atoms with Crippen molar-refractivity contribution in [3.8, 4) is 0 Å². The van der Waals surface area contributed by atoms with Crippen molar-refractivity contribution in [1.82, 2.24) is 0 Å². The maximum absolute atomic E-state index is 13.2. The summed E-state index contributed by atoms with van der Waals surface area (Å²) in [6.45, 7) is 8.12. The molecule has 0 aliphatic carbocycles. The molecule has 0 N–H and O–H groups in total. The van der Waals surface area contributed by atoms with Gasteiger partial charge in [-0.25, -0.2) is 4.39 Å². The highest BCUT2D eigenvalue weighted by molar-refractivity contribution is 7.18. The average molecular weight is 278 g/mol. The first kappa shape index (κ1) is 13.1. The van der Waals surface area contributed by atoms with Gasteiger partial charge in [-0.05, 0) is 50.6 Å². The predicted octanol–water partition coefficient (Wildman–Crippen LogP) is 3.34. The highest BCUT2D eigenvalue weighted by atomic mass is 32.1. The molecule has 1 aliphatic heterocycles. The summed E-state index contributed by atoms with van der Waals surface area (Å²) in [4.78, 5) is 0. The van der Waals surface area contributed by atoms with E-state index in [2.05, 4.69) is 0 Å². The van der Waals surface area contributed by atoms with Crippen molar-refractivity contribution in [3.05, 3.63) is 29.4 Å². The Hall–Kier alpha value is -0.905. The standard InChI is InChI=1S/C14H16BFO2S/c1-13(2)14(3,4)18-15(17-13)11-8-19-12-7-9(16)5-6-10(11)12/h5-8H,1-4H3. The largest absolute Gasteiger partial charge is 0.496 e. The molecule has 19 heavy (non-hydrogen) atoms. The fourth-order valence-electron chi connectivity index (χ4n) is 2.18. The molecule has 0 bridgehead atoms. The maximum Gasteiger partial charge on any atom is 0.496 e. The van der Waals surface area contributed by atoms with E-state index in [1.54, 1.807) is 12.1 Å². The Balaban J connectivity index is 2.03. The Labute approximate surface area is 116 Å². The molecule has 2 aromatic rings. The Morgan fingerprint density at radius 2 is 1.74 bits per heavy atom. The van der Waals surface area contributed by atoms with E-state index in [0.717, 1.165) is 15.5 Å². The van der Waals surface area contributed by atoms with Gasteiger partial charge in [-0.15, -0.1) is 11.3 Å². The molecule has 0 unspecified atom stereocenters. The zero-order valence-corrected chi connectivity index (χ0v) is 12.3. The van der Waals surface area contributed by atoms with Crippen LogP contribution in [0.5, 0.6) is 0 Å². The van der Waals surface area contributed by atoms with E-state index in [1.807, 2.05) is 33.1 Å². The molecule has 1 saturated heterocycles. The number of fused-ring (bicyclic) bond motifs is 1. The molecule has 0 saturated carbocycles. The molecule has 2 heterocycles. The molecule has 3 rings (SSSR count). The first-order valence-electron chi connectivity index (χ1n) is 6.32. The van der Waals surface area contributed by atoms with Gasteiger partial charge < -0.3 is 9.31 Å². The fourth-order valence-corrected chi connectivity index (χ4v) is 3.16. The average Bonchev–Trinajstić information content (AvgIpc) is 2.77. The monoisotopic (exact) mass is 278 g/mol. The van der Waals surface area contributed by atoms with Crippen molar-refractivity contribution in [2.75, 3.05) is 0 Å². The van der Waals surface area contributed by atoms with Gasteiger partial charge in [0.25, 0.3) is 0 Å². The van der Waals surface area contributed by atoms with Crippen LogP contribution in [0.3, 0.4) is 0 Å². The number of thiophene rings is 1.